The normalized spacial score (nSPS) is 20.1. The van der Waals surface area contributed by atoms with E-state index in [2.05, 4.69) is 0 Å². The summed E-state index contributed by atoms with van der Waals surface area (Å²) in [6.07, 6.45) is 0.802. The van der Waals surface area contributed by atoms with Crippen molar-refractivity contribution in [2.75, 3.05) is 13.1 Å². The lowest BCUT2D eigenvalue weighted by Crippen LogP contribution is -2.57. The van der Waals surface area contributed by atoms with Crippen molar-refractivity contribution in [2.45, 2.75) is 18.4 Å². The van der Waals surface area contributed by atoms with Crippen LogP contribution in [0.5, 0.6) is 11.5 Å². The molecule has 1 saturated heterocycles. The molecule has 0 spiro atoms. The Labute approximate surface area is 145 Å². The maximum atomic E-state index is 12.6. The number of carbonyl (C=O) groups is 2. The number of likely N-dealkylation sites (tertiary alicyclic amines) is 1. The lowest BCUT2D eigenvalue weighted by atomic mass is 9.92. The van der Waals surface area contributed by atoms with Crippen molar-refractivity contribution >= 4 is 11.8 Å². The number of aliphatic hydroxyl groups is 1. The molecule has 0 aliphatic carbocycles. The number of piperidine rings is 1. The van der Waals surface area contributed by atoms with E-state index < -0.39 is 11.5 Å². The van der Waals surface area contributed by atoms with E-state index in [-0.39, 0.29) is 18.9 Å². The Hall–Kier alpha value is -2.86. The highest BCUT2D eigenvalue weighted by molar-refractivity contribution is 5.95. The summed E-state index contributed by atoms with van der Waals surface area (Å²) < 4.78 is 5.70. The number of rotatable bonds is 4. The van der Waals surface area contributed by atoms with Gasteiger partial charge in [-0.3, -0.25) is 9.59 Å². The van der Waals surface area contributed by atoms with E-state index in [9.17, 15) is 14.7 Å². The predicted molar refractivity (Wildman–Crippen MR) is 92.2 cm³/mol. The number of hydrogen-bond donors (Lipinski definition) is 2. The fourth-order valence-electron chi connectivity index (χ4n) is 2.88. The van der Waals surface area contributed by atoms with E-state index in [4.69, 9.17) is 10.5 Å². The predicted octanol–water partition coefficient (Wildman–Crippen LogP) is 1.93. The van der Waals surface area contributed by atoms with Gasteiger partial charge in [0.25, 0.3) is 11.8 Å². The molecule has 2 aromatic rings. The van der Waals surface area contributed by atoms with Gasteiger partial charge >= 0.3 is 0 Å². The molecule has 3 rings (SSSR count). The van der Waals surface area contributed by atoms with Crippen LogP contribution in [0.25, 0.3) is 0 Å². The summed E-state index contributed by atoms with van der Waals surface area (Å²) in [4.78, 5) is 25.5. The average molecular weight is 340 g/mol. The van der Waals surface area contributed by atoms with Gasteiger partial charge in [0.05, 0.1) is 6.54 Å². The Morgan fingerprint density at radius 3 is 2.32 bits per heavy atom. The molecule has 0 radical (unpaired) electrons. The Balaban J connectivity index is 1.69. The minimum absolute atomic E-state index is 0.0799. The second-order valence-electron chi connectivity index (χ2n) is 6.17. The van der Waals surface area contributed by atoms with Gasteiger partial charge in [0.2, 0.25) is 0 Å². The van der Waals surface area contributed by atoms with Crippen molar-refractivity contribution in [3.63, 3.8) is 0 Å². The summed E-state index contributed by atoms with van der Waals surface area (Å²) in [6.45, 7) is 0.403. The number of hydrogen-bond acceptors (Lipinski definition) is 4. The first kappa shape index (κ1) is 17.0. The largest absolute Gasteiger partial charge is 0.457 e. The molecule has 1 fully saturated rings. The molecule has 0 bridgehead atoms. The molecule has 1 aliphatic heterocycles. The van der Waals surface area contributed by atoms with Crippen molar-refractivity contribution in [2.24, 2.45) is 5.73 Å². The van der Waals surface area contributed by atoms with Gasteiger partial charge in [0, 0.05) is 12.1 Å². The van der Waals surface area contributed by atoms with Crippen molar-refractivity contribution in [3.8, 4) is 11.5 Å². The van der Waals surface area contributed by atoms with Crippen LogP contribution in [0.2, 0.25) is 0 Å². The van der Waals surface area contributed by atoms with Crippen LogP contribution >= 0.6 is 0 Å². The summed E-state index contributed by atoms with van der Waals surface area (Å²) in [5.74, 6) is 0.293. The highest BCUT2D eigenvalue weighted by atomic mass is 16.5. The summed E-state index contributed by atoms with van der Waals surface area (Å²) in [5, 5.41) is 10.2. The molecule has 0 saturated carbocycles. The topological polar surface area (TPSA) is 92.9 Å². The van der Waals surface area contributed by atoms with Gasteiger partial charge in [-0.05, 0) is 49.2 Å². The molecular formula is C19H20N2O4. The number of nitrogens with zero attached hydrogens (tertiary/aromatic N) is 1. The third-order valence-electron chi connectivity index (χ3n) is 4.30. The van der Waals surface area contributed by atoms with E-state index in [0.717, 1.165) is 0 Å². The lowest BCUT2D eigenvalue weighted by molar-refractivity contribution is -0.140. The Bertz CT molecular complexity index is 761. The number of nitrogens with two attached hydrogens (primary N) is 1. The van der Waals surface area contributed by atoms with Crippen LogP contribution in [0.3, 0.4) is 0 Å². The summed E-state index contributed by atoms with van der Waals surface area (Å²) >= 11 is 0. The molecule has 3 N–H and O–H groups in total. The quantitative estimate of drug-likeness (QED) is 0.889. The van der Waals surface area contributed by atoms with Crippen LogP contribution in [-0.4, -0.2) is 40.5 Å². The minimum atomic E-state index is -1.65. The van der Waals surface area contributed by atoms with Crippen molar-refractivity contribution in [1.82, 2.24) is 4.90 Å². The third kappa shape index (κ3) is 3.80. The second kappa shape index (κ2) is 6.94. The molecule has 1 heterocycles. The molecule has 1 atom stereocenters. The molecule has 6 heteroatoms. The Morgan fingerprint density at radius 2 is 1.68 bits per heavy atom. The Kier molecular flexibility index (Phi) is 4.72. The lowest BCUT2D eigenvalue weighted by Gasteiger charge is -2.37. The fraction of sp³-hybridized carbons (Fsp3) is 0.263. The number of β-amino-alcohol motifs (C(OH)–C–C–N with tert-alkyl or cyclic N) is 1. The van der Waals surface area contributed by atoms with Gasteiger partial charge in [-0.1, -0.05) is 18.2 Å². The average Bonchev–Trinajstić information content (AvgIpc) is 2.62. The smallest absolute Gasteiger partial charge is 0.253 e. The zero-order valence-electron chi connectivity index (χ0n) is 13.7. The molecule has 25 heavy (non-hydrogen) atoms. The molecule has 2 amide bonds. The second-order valence-corrected chi connectivity index (χ2v) is 6.17. The zero-order valence-corrected chi connectivity index (χ0v) is 13.7. The third-order valence-corrected chi connectivity index (χ3v) is 4.30. The number of carbonyl (C=O) groups excluding carboxylic acids is 2. The van der Waals surface area contributed by atoms with Crippen LogP contribution in [-0.2, 0) is 4.79 Å². The standard InChI is InChI=1S/C19H20N2O4/c20-18(23)19(24)11-4-12-21(13-19)17(22)14-7-9-16(10-8-14)25-15-5-2-1-3-6-15/h1-3,5-10,24H,4,11-13H2,(H2,20,23)/t19-/m1/s1. The highest BCUT2D eigenvalue weighted by Crippen LogP contribution is 2.24. The number of benzene rings is 2. The van der Waals surface area contributed by atoms with E-state index in [1.165, 1.54) is 4.90 Å². The molecule has 2 aromatic carbocycles. The van der Waals surface area contributed by atoms with Crippen LogP contribution in [0.1, 0.15) is 23.2 Å². The van der Waals surface area contributed by atoms with Gasteiger partial charge in [0.15, 0.2) is 5.60 Å². The van der Waals surface area contributed by atoms with Crippen molar-refractivity contribution < 1.29 is 19.4 Å². The first-order chi connectivity index (χ1) is 12.0. The monoisotopic (exact) mass is 340 g/mol. The van der Waals surface area contributed by atoms with Crippen LogP contribution < -0.4 is 10.5 Å². The van der Waals surface area contributed by atoms with E-state index in [1.54, 1.807) is 24.3 Å². The van der Waals surface area contributed by atoms with E-state index in [1.807, 2.05) is 30.3 Å². The molecule has 1 aliphatic rings. The maximum absolute atomic E-state index is 12.6. The Morgan fingerprint density at radius 1 is 1.04 bits per heavy atom. The van der Waals surface area contributed by atoms with E-state index >= 15 is 0 Å². The van der Waals surface area contributed by atoms with Crippen molar-refractivity contribution in [1.29, 1.82) is 0 Å². The first-order valence-corrected chi connectivity index (χ1v) is 8.12. The molecular weight excluding hydrogens is 320 g/mol. The maximum Gasteiger partial charge on any atom is 0.253 e. The summed E-state index contributed by atoms with van der Waals surface area (Å²) in [6, 6.07) is 16.1. The molecule has 6 nitrogen and oxygen atoms in total. The number of para-hydroxylation sites is 1. The minimum Gasteiger partial charge on any atom is -0.457 e. The van der Waals surface area contributed by atoms with Crippen LogP contribution in [0.15, 0.2) is 54.6 Å². The number of amides is 2. The van der Waals surface area contributed by atoms with Crippen molar-refractivity contribution in [3.05, 3.63) is 60.2 Å². The van der Waals surface area contributed by atoms with Gasteiger partial charge in [-0.2, -0.15) is 0 Å². The van der Waals surface area contributed by atoms with Gasteiger partial charge < -0.3 is 20.5 Å². The van der Waals surface area contributed by atoms with Gasteiger partial charge in [-0.15, -0.1) is 0 Å². The fourth-order valence-corrected chi connectivity index (χ4v) is 2.88. The van der Waals surface area contributed by atoms with Gasteiger partial charge in [-0.25, -0.2) is 0 Å². The highest BCUT2D eigenvalue weighted by Gasteiger charge is 2.40. The van der Waals surface area contributed by atoms with Gasteiger partial charge in [0.1, 0.15) is 11.5 Å². The first-order valence-electron chi connectivity index (χ1n) is 8.12. The van der Waals surface area contributed by atoms with Crippen LogP contribution in [0.4, 0.5) is 0 Å². The van der Waals surface area contributed by atoms with E-state index in [0.29, 0.717) is 30.0 Å². The molecule has 0 unspecified atom stereocenters. The molecule has 130 valence electrons. The number of primary amides is 1. The number of ether oxygens (including phenoxy) is 1. The summed E-state index contributed by atoms with van der Waals surface area (Å²) in [7, 11) is 0. The summed E-state index contributed by atoms with van der Waals surface area (Å²) in [5.41, 5.74) is 4.07. The van der Waals surface area contributed by atoms with Crippen LogP contribution in [0, 0.1) is 0 Å². The molecule has 0 aromatic heterocycles. The zero-order chi connectivity index (χ0) is 17.9. The SMILES string of the molecule is NC(=O)[C@@]1(O)CCCN(C(=O)c2ccc(Oc3ccccc3)cc2)C1.